The number of fused-ring (bicyclic) bond motifs is 1. The quantitative estimate of drug-likeness (QED) is 0.801. The van der Waals surface area contributed by atoms with E-state index < -0.39 is 0 Å². The molecule has 102 valence electrons. The summed E-state index contributed by atoms with van der Waals surface area (Å²) in [5.74, 6) is 0.567. The summed E-state index contributed by atoms with van der Waals surface area (Å²) in [5.41, 5.74) is 2.73. The number of aryl methyl sites for hydroxylation is 1. The fourth-order valence-corrected chi connectivity index (χ4v) is 3.13. The van der Waals surface area contributed by atoms with Gasteiger partial charge in [-0.1, -0.05) is 15.9 Å². The summed E-state index contributed by atoms with van der Waals surface area (Å²) in [6.07, 6.45) is 0. The van der Waals surface area contributed by atoms with Gasteiger partial charge in [0.25, 0.3) is 0 Å². The normalized spacial score (nSPS) is 17.9. The van der Waals surface area contributed by atoms with Crippen LogP contribution in [0.5, 0.6) is 0 Å². The van der Waals surface area contributed by atoms with E-state index in [4.69, 9.17) is 5.10 Å². The van der Waals surface area contributed by atoms with Crippen molar-refractivity contribution in [3.63, 3.8) is 0 Å². The Hall–Kier alpha value is -0.870. The number of rotatable bonds is 1. The van der Waals surface area contributed by atoms with Gasteiger partial charge in [0.2, 0.25) is 0 Å². The van der Waals surface area contributed by atoms with E-state index in [1.807, 2.05) is 11.7 Å². The van der Waals surface area contributed by atoms with Gasteiger partial charge < -0.3 is 0 Å². The Balaban J connectivity index is 1.93. The first-order chi connectivity index (χ1) is 8.86. The molecule has 1 aromatic carbocycles. The molecule has 0 spiro atoms. The number of hydrogen-bond donors (Lipinski definition) is 0. The molecule has 0 N–H and O–H groups in total. The molecular weight excluding hydrogens is 302 g/mol. The Bertz CT molecular complexity index is 618. The molecule has 1 fully saturated rings. The van der Waals surface area contributed by atoms with Crippen LogP contribution >= 0.6 is 15.9 Å². The zero-order chi connectivity index (χ0) is 13.8. The summed E-state index contributed by atoms with van der Waals surface area (Å²) in [5, 5.41) is 6.03. The molecule has 0 saturated carbocycles. The van der Waals surface area contributed by atoms with Gasteiger partial charge in [-0.25, -0.2) is 0 Å². The van der Waals surface area contributed by atoms with Crippen LogP contribution in [0.4, 0.5) is 0 Å². The van der Waals surface area contributed by atoms with Gasteiger partial charge in [-0.05, 0) is 39.0 Å². The van der Waals surface area contributed by atoms with Crippen LogP contribution < -0.4 is 0 Å². The number of halogens is 1. The summed E-state index contributed by atoms with van der Waals surface area (Å²) in [6.45, 7) is 9.05. The van der Waals surface area contributed by atoms with Crippen LogP contribution in [-0.4, -0.2) is 33.3 Å². The van der Waals surface area contributed by atoms with Gasteiger partial charge in [-0.3, -0.25) is 9.58 Å². The van der Waals surface area contributed by atoms with Gasteiger partial charge in [0.1, 0.15) is 0 Å². The van der Waals surface area contributed by atoms with E-state index in [1.165, 1.54) is 16.6 Å². The Morgan fingerprint density at radius 3 is 2.58 bits per heavy atom. The number of hydrogen-bond acceptors (Lipinski definition) is 2. The van der Waals surface area contributed by atoms with Crippen LogP contribution in [0.1, 0.15) is 32.4 Å². The second kappa shape index (κ2) is 4.32. The van der Waals surface area contributed by atoms with Crippen molar-refractivity contribution in [3.05, 3.63) is 28.4 Å². The molecular formula is C15H20BrN3. The minimum Gasteiger partial charge on any atom is -0.297 e. The van der Waals surface area contributed by atoms with E-state index in [9.17, 15) is 0 Å². The van der Waals surface area contributed by atoms with Crippen molar-refractivity contribution in [1.82, 2.24) is 14.7 Å². The standard InChI is InChI=1S/C15H20BrN3/c1-15(2,3)19-8-10(9-19)14-12-7-11(16)5-6-13(12)18(4)17-14/h5-7,10H,8-9H2,1-4H3. The molecule has 1 aliphatic rings. The smallest absolute Gasteiger partial charge is 0.0760 e. The second-order valence-corrected chi connectivity index (χ2v) is 7.36. The van der Waals surface area contributed by atoms with Crippen LogP contribution in [0.3, 0.4) is 0 Å². The maximum Gasteiger partial charge on any atom is 0.0760 e. The minimum atomic E-state index is 0.266. The maximum absolute atomic E-state index is 4.74. The van der Waals surface area contributed by atoms with Gasteiger partial charge in [0.05, 0.1) is 11.2 Å². The minimum absolute atomic E-state index is 0.266. The number of benzene rings is 1. The number of aromatic nitrogens is 2. The molecule has 0 aliphatic carbocycles. The predicted octanol–water partition coefficient (Wildman–Crippen LogP) is 3.53. The molecule has 1 aromatic heterocycles. The van der Waals surface area contributed by atoms with Gasteiger partial charge in [-0.15, -0.1) is 0 Å². The molecule has 19 heavy (non-hydrogen) atoms. The summed E-state index contributed by atoms with van der Waals surface area (Å²) in [4.78, 5) is 2.51. The lowest BCUT2D eigenvalue weighted by Gasteiger charge is -2.47. The summed E-state index contributed by atoms with van der Waals surface area (Å²) >= 11 is 3.56. The highest BCUT2D eigenvalue weighted by Gasteiger charge is 2.37. The Labute approximate surface area is 122 Å². The number of likely N-dealkylation sites (tertiary alicyclic amines) is 1. The van der Waals surface area contributed by atoms with E-state index in [0.29, 0.717) is 5.92 Å². The number of nitrogens with zero attached hydrogens (tertiary/aromatic N) is 3. The molecule has 3 nitrogen and oxygen atoms in total. The largest absolute Gasteiger partial charge is 0.297 e. The molecule has 2 aromatic rings. The average Bonchev–Trinajstić information content (AvgIpc) is 2.51. The highest BCUT2D eigenvalue weighted by Crippen LogP contribution is 2.35. The van der Waals surface area contributed by atoms with E-state index in [2.05, 4.69) is 59.8 Å². The van der Waals surface area contributed by atoms with Crippen LogP contribution in [0, 0.1) is 0 Å². The first-order valence-electron chi connectivity index (χ1n) is 6.73. The summed E-state index contributed by atoms with van der Waals surface area (Å²) in [6, 6.07) is 6.41. The van der Waals surface area contributed by atoms with E-state index in [1.54, 1.807) is 0 Å². The lowest BCUT2D eigenvalue weighted by molar-refractivity contribution is 0.0459. The van der Waals surface area contributed by atoms with Crippen LogP contribution in [-0.2, 0) is 7.05 Å². The maximum atomic E-state index is 4.74. The van der Waals surface area contributed by atoms with Crippen molar-refractivity contribution in [2.45, 2.75) is 32.2 Å². The third kappa shape index (κ3) is 2.21. The monoisotopic (exact) mass is 321 g/mol. The zero-order valence-electron chi connectivity index (χ0n) is 11.9. The highest BCUT2D eigenvalue weighted by molar-refractivity contribution is 9.10. The third-order valence-corrected chi connectivity index (χ3v) is 4.55. The van der Waals surface area contributed by atoms with Crippen LogP contribution in [0.2, 0.25) is 0 Å². The van der Waals surface area contributed by atoms with Crippen molar-refractivity contribution < 1.29 is 0 Å². The lowest BCUT2D eigenvalue weighted by Crippen LogP contribution is -2.54. The van der Waals surface area contributed by atoms with Crippen molar-refractivity contribution in [3.8, 4) is 0 Å². The van der Waals surface area contributed by atoms with E-state index in [-0.39, 0.29) is 5.54 Å². The molecule has 1 aliphatic heterocycles. The molecule has 3 rings (SSSR count). The van der Waals surface area contributed by atoms with Crippen LogP contribution in [0.25, 0.3) is 10.9 Å². The molecule has 1 saturated heterocycles. The van der Waals surface area contributed by atoms with Crippen LogP contribution in [0.15, 0.2) is 22.7 Å². The lowest BCUT2D eigenvalue weighted by atomic mass is 9.89. The summed E-state index contributed by atoms with van der Waals surface area (Å²) in [7, 11) is 2.03. The first kappa shape index (κ1) is 13.1. The van der Waals surface area contributed by atoms with Crippen molar-refractivity contribution in [2.75, 3.05) is 13.1 Å². The van der Waals surface area contributed by atoms with Gasteiger partial charge >= 0.3 is 0 Å². The Kier molecular flexibility index (Phi) is 2.98. The molecule has 2 heterocycles. The first-order valence-corrected chi connectivity index (χ1v) is 7.53. The zero-order valence-corrected chi connectivity index (χ0v) is 13.5. The molecule has 0 unspecified atom stereocenters. The third-order valence-electron chi connectivity index (χ3n) is 4.06. The van der Waals surface area contributed by atoms with Crippen molar-refractivity contribution in [2.24, 2.45) is 7.05 Å². The highest BCUT2D eigenvalue weighted by atomic mass is 79.9. The van der Waals surface area contributed by atoms with E-state index >= 15 is 0 Å². The molecule has 4 heteroatoms. The average molecular weight is 322 g/mol. The van der Waals surface area contributed by atoms with E-state index in [0.717, 1.165) is 17.6 Å². The molecule has 0 bridgehead atoms. The fourth-order valence-electron chi connectivity index (χ4n) is 2.77. The Morgan fingerprint density at radius 1 is 1.26 bits per heavy atom. The van der Waals surface area contributed by atoms with Crippen molar-refractivity contribution in [1.29, 1.82) is 0 Å². The second-order valence-electron chi connectivity index (χ2n) is 6.44. The SMILES string of the molecule is Cn1nc(C2CN(C(C)(C)C)C2)c2cc(Br)ccc21. The molecule has 0 atom stereocenters. The van der Waals surface area contributed by atoms with Gasteiger partial charge in [-0.2, -0.15) is 5.10 Å². The fraction of sp³-hybridized carbons (Fsp3) is 0.533. The molecule has 0 amide bonds. The van der Waals surface area contributed by atoms with Crippen molar-refractivity contribution >= 4 is 26.8 Å². The van der Waals surface area contributed by atoms with Gasteiger partial charge in [0, 0.05) is 41.5 Å². The Morgan fingerprint density at radius 2 is 1.95 bits per heavy atom. The topological polar surface area (TPSA) is 21.1 Å². The van der Waals surface area contributed by atoms with Gasteiger partial charge in [0.15, 0.2) is 0 Å². The molecule has 0 radical (unpaired) electrons. The summed E-state index contributed by atoms with van der Waals surface area (Å²) < 4.78 is 3.12. The predicted molar refractivity (Wildman–Crippen MR) is 82.5 cm³/mol.